The van der Waals surface area contributed by atoms with Gasteiger partial charge < -0.3 is 25.3 Å². The van der Waals surface area contributed by atoms with Crippen molar-refractivity contribution < 1.29 is 20.4 Å². The maximum Gasteiger partial charge on any atom is 0.202 e. The van der Waals surface area contributed by atoms with Crippen LogP contribution in [0.2, 0.25) is 0 Å². The van der Waals surface area contributed by atoms with E-state index in [0.717, 1.165) is 17.5 Å². The molecular weight excluding hydrogens is 509 g/mol. The van der Waals surface area contributed by atoms with Crippen molar-refractivity contribution in [3.8, 4) is 34.1 Å². The Morgan fingerprint density at radius 2 is 1.39 bits per heavy atom. The number of para-hydroxylation sites is 1. The maximum absolute atomic E-state index is 11.2. The Morgan fingerprint density at radius 1 is 0.683 bits per heavy atom. The highest BCUT2D eigenvalue weighted by atomic mass is 16.3. The van der Waals surface area contributed by atoms with Crippen molar-refractivity contribution in [2.45, 2.75) is 44.9 Å². The number of aromatic hydroxyl groups is 4. The third kappa shape index (κ3) is 3.55. The summed E-state index contributed by atoms with van der Waals surface area (Å²) in [6.07, 6.45) is 5.08. The van der Waals surface area contributed by atoms with Crippen LogP contribution in [0.4, 0.5) is 17.1 Å². The molecule has 7 rings (SSSR count). The molecule has 6 heteroatoms. The van der Waals surface area contributed by atoms with E-state index in [1.807, 2.05) is 30.3 Å². The molecule has 0 aliphatic heterocycles. The molecule has 5 atom stereocenters. The average molecular weight is 545 g/mol. The predicted octanol–water partition coefficient (Wildman–Crippen LogP) is 6.60. The van der Waals surface area contributed by atoms with Crippen LogP contribution < -0.4 is 10.4 Å². The first-order chi connectivity index (χ1) is 19.7. The van der Waals surface area contributed by atoms with Crippen LogP contribution in [0.3, 0.4) is 0 Å². The van der Waals surface area contributed by atoms with Crippen molar-refractivity contribution in [2.24, 2.45) is 23.7 Å². The number of phenolic OH excluding ortho intramolecular Hbond substituents is 4. The zero-order valence-electron chi connectivity index (χ0n) is 23.8. The van der Waals surface area contributed by atoms with Gasteiger partial charge in [-0.2, -0.15) is 0 Å². The fourth-order valence-electron chi connectivity index (χ4n) is 8.85. The fourth-order valence-corrected chi connectivity index (χ4v) is 8.85. The maximum atomic E-state index is 11.2. The molecular formula is C35H36BNO4. The Labute approximate surface area is 242 Å². The minimum Gasteiger partial charge on any atom is -0.506 e. The molecule has 3 aliphatic rings. The molecule has 5 nitrogen and oxygen atoms in total. The van der Waals surface area contributed by atoms with Gasteiger partial charge in [0.2, 0.25) is 5.75 Å². The summed E-state index contributed by atoms with van der Waals surface area (Å²) in [6.45, 7) is 4.86. The van der Waals surface area contributed by atoms with Crippen LogP contribution in [0.15, 0.2) is 72.8 Å². The molecule has 0 heterocycles. The molecule has 208 valence electrons. The second kappa shape index (κ2) is 9.23. The smallest absolute Gasteiger partial charge is 0.202 e. The fraction of sp³-hybridized carbons (Fsp3) is 0.314. The first kappa shape index (κ1) is 25.9. The van der Waals surface area contributed by atoms with Gasteiger partial charge in [0.1, 0.15) is 19.3 Å². The molecule has 0 saturated heterocycles. The van der Waals surface area contributed by atoms with Gasteiger partial charge >= 0.3 is 0 Å². The first-order valence-corrected chi connectivity index (χ1v) is 14.8. The molecule has 5 unspecified atom stereocenters. The summed E-state index contributed by atoms with van der Waals surface area (Å²) in [7, 11) is 1.52. The van der Waals surface area contributed by atoms with Gasteiger partial charge in [0.25, 0.3) is 0 Å². The van der Waals surface area contributed by atoms with Crippen molar-refractivity contribution in [2.75, 3.05) is 4.90 Å². The molecule has 2 fully saturated rings. The minimum absolute atomic E-state index is 0.0277. The highest BCUT2D eigenvalue weighted by molar-refractivity contribution is 6.37. The van der Waals surface area contributed by atoms with E-state index in [4.69, 9.17) is 0 Å². The van der Waals surface area contributed by atoms with Crippen LogP contribution in [0.1, 0.15) is 50.7 Å². The SMILES string of the molecule is Bc1c(O)c(O)c(O)c(N(c2ccccc2)c2ccc3c(c2)-c2ccccc2C32C(C)CC3CC(C)CC2C3)c1O. The van der Waals surface area contributed by atoms with Gasteiger partial charge in [-0.3, -0.25) is 0 Å². The topological polar surface area (TPSA) is 84.2 Å². The van der Waals surface area contributed by atoms with Gasteiger partial charge in [0.15, 0.2) is 11.5 Å². The van der Waals surface area contributed by atoms with E-state index < -0.39 is 17.2 Å². The summed E-state index contributed by atoms with van der Waals surface area (Å²) in [5.74, 6) is 0.572. The van der Waals surface area contributed by atoms with E-state index in [2.05, 4.69) is 56.3 Å². The molecule has 0 amide bonds. The third-order valence-electron chi connectivity index (χ3n) is 10.4. The molecule has 4 N–H and O–H groups in total. The second-order valence-electron chi connectivity index (χ2n) is 12.7. The number of phenols is 4. The lowest BCUT2D eigenvalue weighted by atomic mass is 9.49. The summed E-state index contributed by atoms with van der Waals surface area (Å²) in [4.78, 5) is 1.76. The Bertz CT molecular complexity index is 1640. The molecule has 0 aromatic heterocycles. The molecule has 2 bridgehead atoms. The largest absolute Gasteiger partial charge is 0.506 e. The number of anilines is 3. The standard InChI is InChI=1S/C35H36BNO4/c1-19-14-21-16-20(2)35(22(15-19)17-21)27-11-7-6-10-25(27)26-18-24(12-13-28(26)35)37(23-8-4-3-5-9-23)30-31(38)29(36)32(39)34(41)33(30)40/h3-13,18-22,38-41H,14-17,36H2,1-2H3. The number of nitrogens with zero attached hydrogens (tertiary/aromatic N) is 1. The molecule has 4 aromatic rings. The number of fused-ring (bicyclic) bond motifs is 8. The van der Waals surface area contributed by atoms with Crippen molar-refractivity contribution in [3.05, 3.63) is 83.9 Å². The van der Waals surface area contributed by atoms with Gasteiger partial charge in [-0.15, -0.1) is 0 Å². The Kier molecular flexibility index (Phi) is 5.83. The molecule has 1 spiro atoms. The van der Waals surface area contributed by atoms with Crippen molar-refractivity contribution in [3.63, 3.8) is 0 Å². The lowest BCUT2D eigenvalue weighted by molar-refractivity contribution is 0.0426. The Morgan fingerprint density at radius 3 is 2.17 bits per heavy atom. The zero-order valence-corrected chi connectivity index (χ0v) is 23.8. The van der Waals surface area contributed by atoms with Gasteiger partial charge in [-0.05, 0) is 101 Å². The quantitative estimate of drug-likeness (QED) is 0.133. The monoisotopic (exact) mass is 545 g/mol. The van der Waals surface area contributed by atoms with Crippen molar-refractivity contribution >= 4 is 30.4 Å². The normalized spacial score (nSPS) is 26.0. The number of benzene rings is 4. The Balaban J connectivity index is 1.47. The van der Waals surface area contributed by atoms with E-state index in [1.165, 1.54) is 55.8 Å². The number of rotatable bonds is 3. The van der Waals surface area contributed by atoms with Crippen LogP contribution in [-0.4, -0.2) is 28.3 Å². The van der Waals surface area contributed by atoms with Crippen molar-refractivity contribution in [1.82, 2.24) is 0 Å². The van der Waals surface area contributed by atoms with Crippen LogP contribution in [0, 0.1) is 23.7 Å². The first-order valence-electron chi connectivity index (χ1n) is 14.8. The Hall–Kier alpha value is -4.06. The zero-order chi connectivity index (χ0) is 28.6. The molecule has 41 heavy (non-hydrogen) atoms. The van der Waals surface area contributed by atoms with Crippen LogP contribution in [-0.2, 0) is 5.41 Å². The molecule has 4 aromatic carbocycles. The average Bonchev–Trinajstić information content (AvgIpc) is 3.27. The molecule has 0 radical (unpaired) electrons. The van der Waals surface area contributed by atoms with Crippen molar-refractivity contribution in [1.29, 1.82) is 0 Å². The van der Waals surface area contributed by atoms with Crippen LogP contribution >= 0.6 is 0 Å². The van der Waals surface area contributed by atoms with Crippen LogP contribution in [0.5, 0.6) is 23.0 Å². The van der Waals surface area contributed by atoms with Gasteiger partial charge in [0, 0.05) is 16.8 Å². The summed E-state index contributed by atoms with van der Waals surface area (Å²) in [5, 5.41) is 43.2. The summed E-state index contributed by atoms with van der Waals surface area (Å²) < 4.78 is 0. The molecule has 2 saturated carbocycles. The highest BCUT2D eigenvalue weighted by Gasteiger charge is 2.56. The van der Waals surface area contributed by atoms with Gasteiger partial charge in [-0.25, -0.2) is 0 Å². The van der Waals surface area contributed by atoms with E-state index in [9.17, 15) is 20.4 Å². The lowest BCUT2D eigenvalue weighted by Gasteiger charge is -2.54. The van der Waals surface area contributed by atoms with Crippen LogP contribution in [0.25, 0.3) is 11.1 Å². The van der Waals surface area contributed by atoms with E-state index in [0.29, 0.717) is 17.5 Å². The minimum atomic E-state index is -0.654. The third-order valence-corrected chi connectivity index (χ3v) is 10.4. The summed E-state index contributed by atoms with van der Waals surface area (Å²) >= 11 is 0. The molecule has 3 aliphatic carbocycles. The van der Waals surface area contributed by atoms with E-state index >= 15 is 0 Å². The summed E-state index contributed by atoms with van der Waals surface area (Å²) in [5.41, 5.74) is 6.77. The van der Waals surface area contributed by atoms with E-state index in [-0.39, 0.29) is 22.3 Å². The van der Waals surface area contributed by atoms with Gasteiger partial charge in [-0.1, -0.05) is 62.4 Å². The van der Waals surface area contributed by atoms with Gasteiger partial charge in [0.05, 0.1) is 0 Å². The second-order valence-corrected chi connectivity index (χ2v) is 12.7. The lowest BCUT2D eigenvalue weighted by Crippen LogP contribution is -2.49. The number of hydrogen-bond donors (Lipinski definition) is 4. The summed E-state index contributed by atoms with van der Waals surface area (Å²) in [6, 6.07) is 24.8. The predicted molar refractivity (Wildman–Crippen MR) is 166 cm³/mol. The van der Waals surface area contributed by atoms with E-state index in [1.54, 1.807) is 4.90 Å². The highest BCUT2D eigenvalue weighted by Crippen LogP contribution is 2.65. The number of hydrogen-bond acceptors (Lipinski definition) is 5.